The molecule has 0 aromatic rings. The lowest BCUT2D eigenvalue weighted by Gasteiger charge is -1.82. The van der Waals surface area contributed by atoms with Crippen molar-refractivity contribution in [3.63, 3.8) is 0 Å². The van der Waals surface area contributed by atoms with Gasteiger partial charge in [-0.05, 0) is 0 Å². The van der Waals surface area contributed by atoms with Gasteiger partial charge in [0.15, 0.2) is 23.0 Å². The minimum absolute atomic E-state index is 0.682. The van der Waals surface area contributed by atoms with Gasteiger partial charge in [0, 0.05) is 12.2 Å². The summed E-state index contributed by atoms with van der Waals surface area (Å²) >= 11 is 1.37. The molecule has 0 unspecified atom stereocenters. The van der Waals surface area contributed by atoms with Crippen molar-refractivity contribution in [2.45, 2.75) is 0 Å². The molecule has 0 spiro atoms. The quantitative estimate of drug-likeness (QED) is 0.566. The van der Waals surface area contributed by atoms with Gasteiger partial charge in [0.1, 0.15) is 0 Å². The SMILES string of the molecule is O=C(O)/C=C/C(=O)OI. The van der Waals surface area contributed by atoms with Crippen LogP contribution >= 0.6 is 23.0 Å². The molecule has 0 amide bonds. The van der Waals surface area contributed by atoms with Crippen LogP contribution in [0.5, 0.6) is 0 Å². The Balaban J connectivity index is 3.71. The molecule has 0 fully saturated rings. The predicted molar refractivity (Wildman–Crippen MR) is 36.9 cm³/mol. The van der Waals surface area contributed by atoms with E-state index in [0.29, 0.717) is 6.08 Å². The maximum atomic E-state index is 10.1. The summed E-state index contributed by atoms with van der Waals surface area (Å²) in [5.41, 5.74) is 0. The third-order valence-corrected chi connectivity index (χ3v) is 0.872. The number of carboxylic acids is 1. The monoisotopic (exact) mass is 242 g/mol. The molecule has 0 rings (SSSR count). The molecule has 4 nitrogen and oxygen atoms in total. The summed E-state index contributed by atoms with van der Waals surface area (Å²) in [5.74, 6) is -1.85. The van der Waals surface area contributed by atoms with Gasteiger partial charge in [-0.2, -0.15) is 0 Å². The fourth-order valence-electron chi connectivity index (χ4n) is 0.165. The maximum Gasteiger partial charge on any atom is 0.340 e. The molecule has 0 aromatic heterocycles. The van der Waals surface area contributed by atoms with Crippen LogP contribution < -0.4 is 0 Å². The first kappa shape index (κ1) is 8.41. The summed E-state index contributed by atoms with van der Waals surface area (Å²) in [6.45, 7) is 0. The molecule has 0 radical (unpaired) electrons. The van der Waals surface area contributed by atoms with Crippen molar-refractivity contribution in [1.82, 2.24) is 0 Å². The highest BCUT2D eigenvalue weighted by atomic mass is 127. The molecule has 0 atom stereocenters. The van der Waals surface area contributed by atoms with E-state index in [1.54, 1.807) is 0 Å². The summed E-state index contributed by atoms with van der Waals surface area (Å²) in [4.78, 5) is 19.9. The highest BCUT2D eigenvalue weighted by molar-refractivity contribution is 14.1. The Hall–Kier alpha value is -0.590. The molecular formula is C4H3IO4. The Kier molecular flexibility index (Phi) is 4.02. The number of rotatable bonds is 2. The molecule has 0 aromatic carbocycles. The number of carbonyl (C=O) groups excluding carboxylic acids is 1. The highest BCUT2D eigenvalue weighted by Crippen LogP contribution is 1.87. The molecule has 5 heteroatoms. The van der Waals surface area contributed by atoms with Gasteiger partial charge in [-0.25, -0.2) is 9.59 Å². The number of halogens is 1. The molecule has 0 saturated heterocycles. The summed E-state index contributed by atoms with van der Waals surface area (Å²) in [6, 6.07) is 0. The zero-order valence-corrected chi connectivity index (χ0v) is 6.36. The maximum absolute atomic E-state index is 10.1. The lowest BCUT2D eigenvalue weighted by Crippen LogP contribution is -1.93. The van der Waals surface area contributed by atoms with Crippen molar-refractivity contribution in [3.05, 3.63) is 12.2 Å². The van der Waals surface area contributed by atoms with Gasteiger partial charge in [-0.1, -0.05) is 0 Å². The molecule has 9 heavy (non-hydrogen) atoms. The molecule has 50 valence electrons. The van der Waals surface area contributed by atoms with Crippen molar-refractivity contribution >= 4 is 34.9 Å². The Morgan fingerprint density at radius 3 is 2.33 bits per heavy atom. The standard InChI is InChI=1S/C4H3IO4/c5-9-4(8)2-1-3(6)7/h1-2H,(H,6,7)/b2-1+. The number of hydrogen-bond acceptors (Lipinski definition) is 3. The lowest BCUT2D eigenvalue weighted by atomic mass is 10.5. The van der Waals surface area contributed by atoms with Gasteiger partial charge in [0.05, 0.1) is 0 Å². The van der Waals surface area contributed by atoms with Crippen LogP contribution in [0.2, 0.25) is 0 Å². The molecular weight excluding hydrogens is 239 g/mol. The van der Waals surface area contributed by atoms with Gasteiger partial charge >= 0.3 is 11.9 Å². The van der Waals surface area contributed by atoms with Crippen molar-refractivity contribution in [2.24, 2.45) is 0 Å². The zero-order valence-electron chi connectivity index (χ0n) is 4.20. The smallest absolute Gasteiger partial charge is 0.340 e. The van der Waals surface area contributed by atoms with Crippen LogP contribution in [0.4, 0.5) is 0 Å². The molecule has 0 heterocycles. The van der Waals surface area contributed by atoms with E-state index >= 15 is 0 Å². The Bertz CT molecular complexity index is 151. The summed E-state index contributed by atoms with van der Waals surface area (Å²) in [7, 11) is 0. The Morgan fingerprint density at radius 1 is 1.44 bits per heavy atom. The number of carboxylic acid groups (broad SMARTS) is 1. The van der Waals surface area contributed by atoms with E-state index in [1.807, 2.05) is 0 Å². The minimum Gasteiger partial charge on any atom is -0.478 e. The fourth-order valence-corrected chi connectivity index (χ4v) is 0.312. The van der Waals surface area contributed by atoms with Crippen molar-refractivity contribution in [1.29, 1.82) is 0 Å². The Morgan fingerprint density at radius 2 is 2.00 bits per heavy atom. The van der Waals surface area contributed by atoms with E-state index in [9.17, 15) is 9.59 Å². The summed E-state index contributed by atoms with van der Waals surface area (Å²) < 4.78 is 4.08. The van der Waals surface area contributed by atoms with Crippen LogP contribution in [0.3, 0.4) is 0 Å². The minimum atomic E-state index is -1.17. The third-order valence-electron chi connectivity index (χ3n) is 0.438. The van der Waals surface area contributed by atoms with Gasteiger partial charge in [-0.3, -0.25) is 0 Å². The normalized spacial score (nSPS) is 9.44. The Labute approximate surface area is 65.2 Å². The third kappa shape index (κ3) is 5.28. The number of carbonyl (C=O) groups is 2. The fraction of sp³-hybridized carbons (Fsp3) is 0. The average Bonchev–Trinajstić information content (AvgIpc) is 1.83. The second-order valence-electron chi connectivity index (χ2n) is 1.07. The van der Waals surface area contributed by atoms with Crippen LogP contribution in [0.15, 0.2) is 12.2 Å². The number of aliphatic carboxylic acids is 1. The van der Waals surface area contributed by atoms with Crippen molar-refractivity contribution in [2.75, 3.05) is 0 Å². The van der Waals surface area contributed by atoms with Crippen LogP contribution in [0, 0.1) is 0 Å². The second-order valence-corrected chi connectivity index (χ2v) is 1.51. The van der Waals surface area contributed by atoms with Crippen LogP contribution in [0.1, 0.15) is 0 Å². The van der Waals surface area contributed by atoms with Crippen molar-refractivity contribution < 1.29 is 17.8 Å². The topological polar surface area (TPSA) is 63.6 Å². The van der Waals surface area contributed by atoms with E-state index in [2.05, 4.69) is 3.07 Å². The molecule has 1 N–H and O–H groups in total. The van der Waals surface area contributed by atoms with Crippen LogP contribution in [-0.4, -0.2) is 17.0 Å². The van der Waals surface area contributed by atoms with E-state index in [1.165, 1.54) is 23.0 Å². The first-order chi connectivity index (χ1) is 4.16. The van der Waals surface area contributed by atoms with Gasteiger partial charge in [0.25, 0.3) is 0 Å². The van der Waals surface area contributed by atoms with E-state index in [4.69, 9.17) is 5.11 Å². The summed E-state index contributed by atoms with van der Waals surface area (Å²) in [5, 5.41) is 7.96. The first-order valence-electron chi connectivity index (χ1n) is 1.90. The summed E-state index contributed by atoms with van der Waals surface area (Å²) in [6.07, 6.45) is 1.54. The molecule has 0 bridgehead atoms. The number of hydrogen-bond donors (Lipinski definition) is 1. The molecule has 0 saturated carbocycles. The lowest BCUT2D eigenvalue weighted by molar-refractivity contribution is -0.132. The van der Waals surface area contributed by atoms with E-state index < -0.39 is 11.9 Å². The van der Waals surface area contributed by atoms with Gasteiger partial charge in [-0.15, -0.1) is 0 Å². The first-order valence-corrected chi connectivity index (χ1v) is 2.78. The van der Waals surface area contributed by atoms with Crippen molar-refractivity contribution in [3.8, 4) is 0 Å². The zero-order chi connectivity index (χ0) is 7.28. The second kappa shape index (κ2) is 4.30. The van der Waals surface area contributed by atoms with Crippen LogP contribution in [0.25, 0.3) is 0 Å². The predicted octanol–water partition coefficient (Wildman–Crippen LogP) is 0.520. The van der Waals surface area contributed by atoms with E-state index in [0.717, 1.165) is 6.08 Å². The molecule has 0 aliphatic carbocycles. The molecule has 0 aliphatic heterocycles. The van der Waals surface area contributed by atoms with Crippen LogP contribution in [-0.2, 0) is 12.7 Å². The van der Waals surface area contributed by atoms with E-state index in [-0.39, 0.29) is 0 Å². The van der Waals surface area contributed by atoms with Gasteiger partial charge < -0.3 is 8.17 Å². The average molecular weight is 242 g/mol. The van der Waals surface area contributed by atoms with Gasteiger partial charge in [0.2, 0.25) is 0 Å². The molecule has 0 aliphatic rings. The highest BCUT2D eigenvalue weighted by Gasteiger charge is 1.93. The largest absolute Gasteiger partial charge is 0.478 e.